The standard InChI is InChI=1S/C19H21N7O/c27-19(15-6-7-15)25-10-8-24(9-11-25)17-16-18(21-13-20-17)26(23-22-16)12-14-4-2-1-3-5-14/h1-5,13,15H,6-12H2. The van der Waals surface area contributed by atoms with Crippen LogP contribution < -0.4 is 4.90 Å². The van der Waals surface area contributed by atoms with Gasteiger partial charge in [-0.3, -0.25) is 4.79 Å². The molecule has 5 rings (SSSR count). The Morgan fingerprint density at radius 1 is 1.04 bits per heavy atom. The summed E-state index contributed by atoms with van der Waals surface area (Å²) in [5, 5.41) is 8.64. The van der Waals surface area contributed by atoms with Crippen molar-refractivity contribution >= 4 is 22.9 Å². The second-order valence-electron chi connectivity index (χ2n) is 7.19. The predicted octanol–water partition coefficient (Wildman–Crippen LogP) is 1.33. The minimum absolute atomic E-state index is 0.278. The monoisotopic (exact) mass is 363 g/mol. The van der Waals surface area contributed by atoms with E-state index in [0.29, 0.717) is 12.5 Å². The third kappa shape index (κ3) is 3.11. The number of benzene rings is 1. The Morgan fingerprint density at radius 3 is 2.56 bits per heavy atom. The van der Waals surface area contributed by atoms with Gasteiger partial charge in [-0.05, 0) is 18.4 Å². The normalized spacial score (nSPS) is 17.5. The van der Waals surface area contributed by atoms with E-state index >= 15 is 0 Å². The zero-order valence-electron chi connectivity index (χ0n) is 15.0. The van der Waals surface area contributed by atoms with Crippen molar-refractivity contribution in [3.63, 3.8) is 0 Å². The molecule has 8 heteroatoms. The molecule has 0 N–H and O–H groups in total. The molecule has 0 radical (unpaired) electrons. The first-order valence-electron chi connectivity index (χ1n) is 9.41. The van der Waals surface area contributed by atoms with Crippen molar-refractivity contribution in [3.8, 4) is 0 Å². The van der Waals surface area contributed by atoms with Crippen LogP contribution in [-0.4, -0.2) is 61.9 Å². The number of nitrogens with zero attached hydrogens (tertiary/aromatic N) is 7. The Bertz CT molecular complexity index is 959. The number of hydrogen-bond acceptors (Lipinski definition) is 6. The first kappa shape index (κ1) is 16.2. The van der Waals surface area contributed by atoms with Crippen molar-refractivity contribution in [1.29, 1.82) is 0 Å². The van der Waals surface area contributed by atoms with E-state index in [1.54, 1.807) is 6.33 Å². The number of carbonyl (C=O) groups is 1. The van der Waals surface area contributed by atoms with Gasteiger partial charge in [0.1, 0.15) is 6.33 Å². The summed E-state index contributed by atoms with van der Waals surface area (Å²) in [6, 6.07) is 10.1. The minimum Gasteiger partial charge on any atom is -0.351 e. The molecule has 2 aliphatic rings. The highest BCUT2D eigenvalue weighted by atomic mass is 16.2. The molecule has 2 fully saturated rings. The van der Waals surface area contributed by atoms with E-state index in [1.807, 2.05) is 27.8 Å². The van der Waals surface area contributed by atoms with Crippen molar-refractivity contribution in [1.82, 2.24) is 29.9 Å². The summed E-state index contributed by atoms with van der Waals surface area (Å²) in [5.41, 5.74) is 2.60. The first-order chi connectivity index (χ1) is 13.3. The quantitative estimate of drug-likeness (QED) is 0.696. The minimum atomic E-state index is 0.278. The number of amides is 1. The van der Waals surface area contributed by atoms with Gasteiger partial charge >= 0.3 is 0 Å². The average Bonchev–Trinajstić information content (AvgIpc) is 3.50. The van der Waals surface area contributed by atoms with Crippen molar-refractivity contribution in [2.45, 2.75) is 19.4 Å². The average molecular weight is 363 g/mol. The molecular weight excluding hydrogens is 342 g/mol. The maximum Gasteiger partial charge on any atom is 0.225 e. The Labute approximate surface area is 156 Å². The zero-order chi connectivity index (χ0) is 18.2. The summed E-state index contributed by atoms with van der Waals surface area (Å²) >= 11 is 0. The van der Waals surface area contributed by atoms with Crippen LogP contribution in [0.3, 0.4) is 0 Å². The van der Waals surface area contributed by atoms with E-state index in [4.69, 9.17) is 0 Å². The lowest BCUT2D eigenvalue weighted by molar-refractivity contribution is -0.132. The number of aromatic nitrogens is 5. The molecule has 1 saturated carbocycles. The molecule has 3 aromatic rings. The van der Waals surface area contributed by atoms with E-state index in [1.165, 1.54) is 0 Å². The number of carbonyl (C=O) groups excluding carboxylic acids is 1. The maximum absolute atomic E-state index is 12.2. The molecule has 1 amide bonds. The lowest BCUT2D eigenvalue weighted by atomic mass is 10.2. The van der Waals surface area contributed by atoms with Crippen LogP contribution in [0, 0.1) is 5.92 Å². The smallest absolute Gasteiger partial charge is 0.225 e. The van der Waals surface area contributed by atoms with Crippen LogP contribution in [0.1, 0.15) is 18.4 Å². The van der Waals surface area contributed by atoms with Crippen LogP contribution in [-0.2, 0) is 11.3 Å². The van der Waals surface area contributed by atoms with Gasteiger partial charge in [0, 0.05) is 32.1 Å². The molecule has 1 aliphatic carbocycles. The van der Waals surface area contributed by atoms with Crippen LogP contribution in [0.25, 0.3) is 11.2 Å². The molecule has 0 unspecified atom stereocenters. The van der Waals surface area contributed by atoms with Crippen LogP contribution in [0.15, 0.2) is 36.7 Å². The SMILES string of the molecule is O=C(C1CC1)N1CCN(c2ncnc3c2nnn3Cc2ccccc2)CC1. The molecule has 1 saturated heterocycles. The van der Waals surface area contributed by atoms with Crippen LogP contribution >= 0.6 is 0 Å². The fourth-order valence-electron chi connectivity index (χ4n) is 3.60. The molecular formula is C19H21N7O. The van der Waals surface area contributed by atoms with Gasteiger partial charge < -0.3 is 9.80 Å². The topological polar surface area (TPSA) is 80.0 Å². The molecule has 8 nitrogen and oxygen atoms in total. The van der Waals surface area contributed by atoms with Crippen LogP contribution in [0.2, 0.25) is 0 Å². The molecule has 27 heavy (non-hydrogen) atoms. The predicted molar refractivity (Wildman–Crippen MR) is 100 cm³/mol. The highest BCUT2D eigenvalue weighted by molar-refractivity contribution is 5.83. The second kappa shape index (κ2) is 6.61. The van der Waals surface area contributed by atoms with E-state index in [9.17, 15) is 4.79 Å². The Balaban J connectivity index is 1.36. The third-order valence-electron chi connectivity index (χ3n) is 5.27. The van der Waals surface area contributed by atoms with Crippen molar-refractivity contribution in [3.05, 3.63) is 42.2 Å². The molecule has 0 atom stereocenters. The lowest BCUT2D eigenvalue weighted by Crippen LogP contribution is -2.49. The van der Waals surface area contributed by atoms with Gasteiger partial charge in [0.2, 0.25) is 5.91 Å². The Kier molecular flexibility index (Phi) is 3.95. The van der Waals surface area contributed by atoms with E-state index in [-0.39, 0.29) is 5.92 Å². The van der Waals surface area contributed by atoms with Gasteiger partial charge in [0.15, 0.2) is 17.0 Å². The molecule has 2 aromatic heterocycles. The molecule has 0 bridgehead atoms. The van der Waals surface area contributed by atoms with Gasteiger partial charge in [-0.1, -0.05) is 35.5 Å². The highest BCUT2D eigenvalue weighted by Gasteiger charge is 2.35. The fourth-order valence-corrected chi connectivity index (χ4v) is 3.60. The molecule has 0 spiro atoms. The number of piperazine rings is 1. The maximum atomic E-state index is 12.2. The highest BCUT2D eigenvalue weighted by Crippen LogP contribution is 2.31. The number of anilines is 1. The first-order valence-corrected chi connectivity index (χ1v) is 9.41. The number of hydrogen-bond donors (Lipinski definition) is 0. The summed E-state index contributed by atoms with van der Waals surface area (Å²) in [6.07, 6.45) is 3.68. The summed E-state index contributed by atoms with van der Waals surface area (Å²) in [4.78, 5) is 25.3. The largest absolute Gasteiger partial charge is 0.351 e. The van der Waals surface area contributed by atoms with Gasteiger partial charge in [-0.25, -0.2) is 14.6 Å². The van der Waals surface area contributed by atoms with Gasteiger partial charge in [0.25, 0.3) is 0 Å². The van der Waals surface area contributed by atoms with Gasteiger partial charge in [-0.15, -0.1) is 5.10 Å². The van der Waals surface area contributed by atoms with Crippen LogP contribution in [0.4, 0.5) is 5.82 Å². The molecule has 138 valence electrons. The summed E-state index contributed by atoms with van der Waals surface area (Å²) in [6.45, 7) is 3.61. The van der Waals surface area contributed by atoms with E-state index in [0.717, 1.165) is 61.6 Å². The van der Waals surface area contributed by atoms with Gasteiger partial charge in [0.05, 0.1) is 6.54 Å². The molecule has 1 aromatic carbocycles. The Morgan fingerprint density at radius 2 is 1.81 bits per heavy atom. The van der Waals surface area contributed by atoms with Crippen molar-refractivity contribution in [2.75, 3.05) is 31.1 Å². The van der Waals surface area contributed by atoms with Crippen molar-refractivity contribution < 1.29 is 4.79 Å². The zero-order valence-corrected chi connectivity index (χ0v) is 15.0. The number of rotatable bonds is 4. The van der Waals surface area contributed by atoms with Gasteiger partial charge in [-0.2, -0.15) is 0 Å². The number of fused-ring (bicyclic) bond motifs is 1. The fraction of sp³-hybridized carbons (Fsp3) is 0.421. The Hall–Kier alpha value is -3.03. The van der Waals surface area contributed by atoms with Crippen LogP contribution in [0.5, 0.6) is 0 Å². The van der Waals surface area contributed by atoms with E-state index in [2.05, 4.69) is 37.3 Å². The summed E-state index contributed by atoms with van der Waals surface area (Å²) < 4.78 is 1.81. The third-order valence-corrected chi connectivity index (χ3v) is 5.27. The summed E-state index contributed by atoms with van der Waals surface area (Å²) in [5.74, 6) is 1.40. The second-order valence-corrected chi connectivity index (χ2v) is 7.19. The molecule has 1 aliphatic heterocycles. The summed E-state index contributed by atoms with van der Waals surface area (Å²) in [7, 11) is 0. The van der Waals surface area contributed by atoms with Crippen molar-refractivity contribution in [2.24, 2.45) is 5.92 Å². The molecule has 3 heterocycles. The van der Waals surface area contributed by atoms with E-state index < -0.39 is 0 Å². The lowest BCUT2D eigenvalue weighted by Gasteiger charge is -2.35.